The zero-order valence-electron chi connectivity index (χ0n) is 20.2. The van der Waals surface area contributed by atoms with Gasteiger partial charge in [-0.2, -0.15) is 0 Å². The number of alkyl halides is 1. The number of aliphatic hydroxyl groups excluding tert-OH is 1. The van der Waals surface area contributed by atoms with Gasteiger partial charge in [-0.1, -0.05) is 76.2 Å². The van der Waals surface area contributed by atoms with E-state index >= 15 is 0 Å². The third kappa shape index (κ3) is 9.06. The third-order valence-corrected chi connectivity index (χ3v) is 8.22. The van der Waals surface area contributed by atoms with E-state index in [1.165, 1.54) is 36.8 Å². The number of ether oxygens (including phenoxy) is 1. The second kappa shape index (κ2) is 17.1. The van der Waals surface area contributed by atoms with Crippen molar-refractivity contribution in [2.45, 2.75) is 61.6 Å². The van der Waals surface area contributed by atoms with Crippen LogP contribution < -0.4 is 56.6 Å². The number of hydrogen-bond donors (Lipinski definition) is 1. The van der Waals surface area contributed by atoms with Crippen LogP contribution in [-0.2, 0) is 25.2 Å². The minimum Gasteiger partial charge on any atom is -0.662 e. The minimum absolute atomic E-state index is 0. The molecule has 35 heavy (non-hydrogen) atoms. The second-order valence-electron chi connectivity index (χ2n) is 8.72. The van der Waals surface area contributed by atoms with Gasteiger partial charge in [-0.25, -0.2) is 0 Å². The van der Waals surface area contributed by atoms with Gasteiger partial charge >= 0.3 is 51.4 Å². The molecule has 1 heterocycles. The monoisotopic (exact) mass is 635 g/mol. The van der Waals surface area contributed by atoms with Crippen LogP contribution in [0.1, 0.15) is 49.7 Å². The molecule has 1 radical (unpaired) electrons. The minimum atomic E-state index is -0.299. The molecule has 1 saturated heterocycles. The molecule has 0 spiro atoms. The van der Waals surface area contributed by atoms with Crippen molar-refractivity contribution in [2.24, 2.45) is 0 Å². The average molecular weight is 637 g/mol. The summed E-state index contributed by atoms with van der Waals surface area (Å²) < 4.78 is 5.47. The molecule has 1 N–H and O–H groups in total. The quantitative estimate of drug-likeness (QED) is 0.130. The van der Waals surface area contributed by atoms with Gasteiger partial charge in [-0.3, -0.25) is 4.79 Å². The molecule has 181 valence electrons. The van der Waals surface area contributed by atoms with E-state index in [2.05, 4.69) is 33.0 Å². The summed E-state index contributed by atoms with van der Waals surface area (Å²) in [5.41, 5.74) is 2.93. The maximum Gasteiger partial charge on any atom is 1.00 e. The predicted molar refractivity (Wildman–Crippen MR) is 136 cm³/mol. The van der Waals surface area contributed by atoms with Crippen molar-refractivity contribution in [3.63, 3.8) is 0 Å². The van der Waals surface area contributed by atoms with Crippen molar-refractivity contribution < 1.29 is 76.2 Å². The van der Waals surface area contributed by atoms with E-state index in [0.29, 0.717) is 16.8 Å². The van der Waals surface area contributed by atoms with Gasteiger partial charge in [0, 0.05) is 77.6 Å². The van der Waals surface area contributed by atoms with Crippen molar-refractivity contribution in [1.82, 2.24) is 0 Å². The van der Waals surface area contributed by atoms with E-state index in [-0.39, 0.29) is 121 Å². The Hall–Kier alpha value is 2.12. The summed E-state index contributed by atoms with van der Waals surface area (Å²) >= 11 is 15.1. The molecule has 5 rings (SSSR count). The first kappa shape index (κ1) is 35.1. The summed E-state index contributed by atoms with van der Waals surface area (Å²) in [7, 11) is 0. The van der Waals surface area contributed by atoms with Crippen molar-refractivity contribution in [2.75, 3.05) is 11.9 Å². The van der Waals surface area contributed by atoms with Crippen molar-refractivity contribution in [1.29, 1.82) is 0 Å². The molecule has 2 saturated carbocycles. The van der Waals surface area contributed by atoms with Gasteiger partial charge < -0.3 is 20.0 Å². The summed E-state index contributed by atoms with van der Waals surface area (Å²) in [6, 6.07) is 16.2. The van der Waals surface area contributed by atoms with E-state index in [1.807, 2.05) is 36.4 Å². The first-order chi connectivity index (χ1) is 15.9. The molecular weight excluding hydrogens is 609 g/mol. The molecule has 2 aromatic carbocycles. The maximum absolute atomic E-state index is 10.1. The smallest absolute Gasteiger partial charge is 0.662 e. The molecule has 2 aromatic rings. The number of benzene rings is 2. The van der Waals surface area contributed by atoms with E-state index in [9.17, 15) is 5.11 Å². The number of carbonyl (C=O) groups excluding carboxylic acids is 1. The number of hydrogen-bond acceptors (Lipinski definition) is 5. The molecule has 1 aliphatic heterocycles. The molecule has 0 amide bonds. The molecule has 10 heteroatoms. The maximum atomic E-state index is 10.1. The first-order valence-corrected chi connectivity index (χ1v) is 12.9. The van der Waals surface area contributed by atoms with Gasteiger partial charge in [0.25, 0.3) is 6.47 Å². The average Bonchev–Trinajstić information content (AvgIpc) is 3.61. The Labute approximate surface area is 310 Å². The molecule has 2 atom stereocenters. The predicted octanol–water partition coefficient (Wildman–Crippen LogP) is 1.74. The van der Waals surface area contributed by atoms with Gasteiger partial charge in [0.1, 0.15) is 0 Å². The Bertz CT molecular complexity index is 890. The van der Waals surface area contributed by atoms with Crippen molar-refractivity contribution in [3.05, 3.63) is 69.7 Å². The summed E-state index contributed by atoms with van der Waals surface area (Å²) in [4.78, 5) is 11.2. The number of halogens is 3. The SMILES string of the molecule is Clc1ccc(C2([C@@H]3CO3)CCC2)cc1.O=CO[O-].O[C@@H](CBr)C1(c2ccc(Cl)cc2)CCC1.[K+].[K]. The Morgan fingerprint density at radius 1 is 1.03 bits per heavy atom. The van der Waals surface area contributed by atoms with E-state index in [0.717, 1.165) is 29.5 Å². The first-order valence-electron chi connectivity index (χ1n) is 11.0. The Balaban J connectivity index is 0.000000290. The largest absolute Gasteiger partial charge is 1.00 e. The summed E-state index contributed by atoms with van der Waals surface area (Å²) in [5.74, 6) is 0. The molecular formula is C25H28BrCl2K2O5. The molecule has 3 fully saturated rings. The van der Waals surface area contributed by atoms with E-state index in [1.54, 1.807) is 0 Å². The van der Waals surface area contributed by atoms with Crippen LogP contribution in [0.5, 0.6) is 0 Å². The van der Waals surface area contributed by atoms with Gasteiger partial charge in [-0.15, -0.1) is 0 Å². The molecule has 2 aliphatic carbocycles. The summed E-state index contributed by atoms with van der Waals surface area (Å²) in [6.07, 6.45) is 7.42. The summed E-state index contributed by atoms with van der Waals surface area (Å²) in [5, 5.41) is 20.7. The molecule has 0 bridgehead atoms. The Morgan fingerprint density at radius 3 is 1.74 bits per heavy atom. The van der Waals surface area contributed by atoms with Crippen LogP contribution in [0.4, 0.5) is 0 Å². The van der Waals surface area contributed by atoms with Crippen LogP contribution in [0.15, 0.2) is 48.5 Å². The van der Waals surface area contributed by atoms with Gasteiger partial charge in [-0.05, 0) is 61.1 Å². The Kier molecular flexibility index (Phi) is 17.1. The normalized spacial score (nSPS) is 20.8. The van der Waals surface area contributed by atoms with Crippen LogP contribution in [-0.4, -0.2) is 87.1 Å². The fraction of sp³-hybridized carbons (Fsp3) is 0.480. The second-order valence-corrected chi connectivity index (χ2v) is 10.2. The topological polar surface area (TPSA) is 82.1 Å². The number of rotatable bonds is 6. The number of carbonyl (C=O) groups is 1. The fourth-order valence-electron chi connectivity index (χ4n) is 4.80. The Morgan fingerprint density at radius 2 is 1.46 bits per heavy atom. The standard InChI is InChI=1S/C12H14BrClO.C12H13ClO.CH2O3.2K/c13-8-11(15)12(6-1-7-12)9-2-4-10(14)5-3-9;13-10-4-2-9(3-5-10)12(6-1-7-12)11-8-14-11;2-1-4-3;;/h2-5,11,15H,1,6-8H2;2-5,11H,1,6-8H2;1,3H;;/q;;;;+1/p-1/t2*11-;;;/m00.../s1. The van der Waals surface area contributed by atoms with Crippen LogP contribution in [0.25, 0.3) is 0 Å². The molecule has 0 aromatic heterocycles. The summed E-state index contributed by atoms with van der Waals surface area (Å²) in [6.45, 7) is 0.766. The van der Waals surface area contributed by atoms with Crippen LogP contribution in [0, 0.1) is 0 Å². The molecule has 5 nitrogen and oxygen atoms in total. The van der Waals surface area contributed by atoms with Crippen LogP contribution >= 0.6 is 39.1 Å². The fourth-order valence-corrected chi connectivity index (χ4v) is 5.68. The number of aliphatic hydroxyl groups is 1. The zero-order valence-corrected chi connectivity index (χ0v) is 29.6. The van der Waals surface area contributed by atoms with Gasteiger partial charge in [0.2, 0.25) is 0 Å². The third-order valence-electron chi connectivity index (χ3n) is 7.10. The van der Waals surface area contributed by atoms with E-state index in [4.69, 9.17) is 38.0 Å². The zero-order chi connectivity index (χ0) is 23.9. The van der Waals surface area contributed by atoms with Crippen LogP contribution in [0.3, 0.4) is 0 Å². The van der Waals surface area contributed by atoms with E-state index < -0.39 is 0 Å². The number of epoxide rings is 1. The van der Waals surface area contributed by atoms with Crippen molar-refractivity contribution in [3.8, 4) is 0 Å². The van der Waals surface area contributed by atoms with Crippen LogP contribution in [0.2, 0.25) is 10.0 Å². The molecule has 0 unspecified atom stereocenters. The van der Waals surface area contributed by atoms with Crippen molar-refractivity contribution >= 4 is 97.0 Å². The molecule has 3 aliphatic rings. The van der Waals surface area contributed by atoms with Gasteiger partial charge in [0.15, 0.2) is 0 Å². The van der Waals surface area contributed by atoms with Gasteiger partial charge in [0.05, 0.1) is 18.8 Å².